The Kier molecular flexibility index (Phi) is 6.78. The predicted octanol–water partition coefficient (Wildman–Crippen LogP) is 7.18. The van der Waals surface area contributed by atoms with Crippen LogP contribution in [0.1, 0.15) is 62.1 Å². The fourth-order valence-electron chi connectivity index (χ4n) is 6.20. The van der Waals surface area contributed by atoms with Crippen molar-refractivity contribution in [2.45, 2.75) is 64.0 Å². The van der Waals surface area contributed by atoms with Crippen LogP contribution in [0.4, 0.5) is 5.69 Å². The van der Waals surface area contributed by atoms with E-state index < -0.39 is 0 Å². The Hall–Kier alpha value is -2.26. The van der Waals surface area contributed by atoms with Crippen LogP contribution >= 0.6 is 11.6 Å². The molecule has 5 rings (SSSR count). The van der Waals surface area contributed by atoms with Crippen molar-refractivity contribution in [3.63, 3.8) is 0 Å². The average molecular weight is 463 g/mol. The number of carbonyl (C=O) groups excluding carboxylic acids is 1. The molecule has 1 saturated heterocycles. The first kappa shape index (κ1) is 22.5. The third-order valence-electron chi connectivity index (χ3n) is 8.00. The maximum Gasteiger partial charge on any atom is 0.228 e. The molecule has 4 atom stereocenters. The fraction of sp³-hybridized carbons (Fsp3) is 0.483. The highest BCUT2D eigenvalue weighted by molar-refractivity contribution is 6.30. The quantitative estimate of drug-likeness (QED) is 0.477. The summed E-state index contributed by atoms with van der Waals surface area (Å²) in [6.45, 7) is 3.04. The maximum atomic E-state index is 14.2. The Bertz CT molecular complexity index is 978. The largest absolute Gasteiger partial charge is 0.377 e. The first-order chi connectivity index (χ1) is 16.1. The molecule has 1 unspecified atom stereocenters. The lowest BCUT2D eigenvalue weighted by Crippen LogP contribution is -2.56. The Morgan fingerprint density at radius 2 is 1.70 bits per heavy atom. The number of piperidine rings is 1. The van der Waals surface area contributed by atoms with Gasteiger partial charge in [-0.2, -0.15) is 0 Å². The number of amides is 1. The van der Waals surface area contributed by atoms with Gasteiger partial charge in [-0.15, -0.1) is 0 Å². The van der Waals surface area contributed by atoms with Crippen molar-refractivity contribution in [1.29, 1.82) is 0 Å². The van der Waals surface area contributed by atoms with Gasteiger partial charge in [0, 0.05) is 23.3 Å². The molecule has 1 aliphatic heterocycles. The van der Waals surface area contributed by atoms with Gasteiger partial charge < -0.3 is 10.2 Å². The third kappa shape index (κ3) is 4.84. The van der Waals surface area contributed by atoms with Crippen molar-refractivity contribution >= 4 is 23.2 Å². The molecule has 0 spiro atoms. The molecule has 0 bridgehead atoms. The number of anilines is 1. The van der Waals surface area contributed by atoms with E-state index in [0.29, 0.717) is 17.9 Å². The Morgan fingerprint density at radius 3 is 2.42 bits per heavy atom. The molecule has 1 heterocycles. The lowest BCUT2D eigenvalue weighted by atomic mass is 9.68. The van der Waals surface area contributed by atoms with Gasteiger partial charge >= 0.3 is 0 Å². The number of rotatable bonds is 5. The van der Waals surface area contributed by atoms with E-state index in [0.717, 1.165) is 36.5 Å². The summed E-state index contributed by atoms with van der Waals surface area (Å²) in [5, 5.41) is 4.48. The van der Waals surface area contributed by atoms with Gasteiger partial charge in [-0.05, 0) is 74.3 Å². The normalized spacial score (nSPS) is 26.7. The van der Waals surface area contributed by atoms with Crippen molar-refractivity contribution in [3.8, 4) is 0 Å². The van der Waals surface area contributed by atoms with E-state index in [9.17, 15) is 4.79 Å². The second-order valence-electron chi connectivity index (χ2n) is 10.2. The second kappa shape index (κ2) is 9.93. The van der Waals surface area contributed by atoms with E-state index in [2.05, 4.69) is 53.6 Å². The van der Waals surface area contributed by atoms with E-state index in [1.54, 1.807) is 0 Å². The first-order valence-electron chi connectivity index (χ1n) is 12.7. The molecule has 2 fully saturated rings. The summed E-state index contributed by atoms with van der Waals surface area (Å²) in [5.74, 6) is 1.04. The molecular formula is C29H35ClN2O. The highest BCUT2D eigenvalue weighted by atomic mass is 35.5. The zero-order valence-corrected chi connectivity index (χ0v) is 20.3. The van der Waals surface area contributed by atoms with Gasteiger partial charge in [0.25, 0.3) is 0 Å². The van der Waals surface area contributed by atoms with Gasteiger partial charge in [-0.1, -0.05) is 72.8 Å². The molecule has 0 radical (unpaired) electrons. The Labute approximate surface area is 203 Å². The number of hydrogen-bond donors (Lipinski definition) is 1. The monoisotopic (exact) mass is 462 g/mol. The molecule has 1 saturated carbocycles. The van der Waals surface area contributed by atoms with E-state index in [4.69, 9.17) is 11.6 Å². The lowest BCUT2D eigenvalue weighted by molar-refractivity contribution is -0.148. The number of nitrogens with one attached hydrogen (secondary N) is 1. The Balaban J connectivity index is 1.54. The topological polar surface area (TPSA) is 32.3 Å². The number of aryl methyl sites for hydroxylation is 1. The van der Waals surface area contributed by atoms with Crippen molar-refractivity contribution in [2.75, 3.05) is 11.9 Å². The van der Waals surface area contributed by atoms with Crippen LogP contribution in [-0.2, 0) is 4.79 Å². The van der Waals surface area contributed by atoms with Crippen LogP contribution < -0.4 is 5.32 Å². The highest BCUT2D eigenvalue weighted by Gasteiger charge is 2.47. The molecule has 33 heavy (non-hydrogen) atoms. The van der Waals surface area contributed by atoms with E-state index in [-0.39, 0.29) is 17.9 Å². The second-order valence-corrected chi connectivity index (χ2v) is 10.6. The van der Waals surface area contributed by atoms with Crippen LogP contribution in [0, 0.1) is 24.7 Å². The zero-order valence-electron chi connectivity index (χ0n) is 19.6. The summed E-state index contributed by atoms with van der Waals surface area (Å²) in [7, 11) is 0. The molecular weight excluding hydrogens is 428 g/mol. The molecule has 2 aromatic carbocycles. The fourth-order valence-corrected chi connectivity index (χ4v) is 6.33. The molecule has 1 N–H and O–H groups in total. The van der Waals surface area contributed by atoms with Gasteiger partial charge in [-0.25, -0.2) is 0 Å². The summed E-state index contributed by atoms with van der Waals surface area (Å²) >= 11 is 6.15. The van der Waals surface area contributed by atoms with Gasteiger partial charge in [0.2, 0.25) is 5.91 Å². The van der Waals surface area contributed by atoms with Crippen molar-refractivity contribution in [1.82, 2.24) is 4.90 Å². The molecule has 2 aromatic rings. The molecule has 3 aliphatic rings. The van der Waals surface area contributed by atoms with Crippen LogP contribution in [0.25, 0.3) is 0 Å². The predicted molar refractivity (Wildman–Crippen MR) is 136 cm³/mol. The molecule has 2 aliphatic carbocycles. The summed E-state index contributed by atoms with van der Waals surface area (Å²) in [5.41, 5.74) is 3.42. The smallest absolute Gasteiger partial charge is 0.228 e. The standard InChI is InChI=1S/C29H35ClN2O/c1-20-11-13-21(14-12-20)28(31-24-17-15-23(30)16-18-24)27-26-10-6-5-7-22(26)19-32(29(27)33)25-8-3-2-4-9-25/h6,10-18,22,25-28,31H,2-5,7-9,19H2,1H3/t22-,26-,27+,28?/m1/s1. The van der Waals surface area contributed by atoms with Gasteiger partial charge in [0.15, 0.2) is 0 Å². The van der Waals surface area contributed by atoms with Crippen LogP contribution in [-0.4, -0.2) is 23.4 Å². The van der Waals surface area contributed by atoms with Crippen LogP contribution in [0.5, 0.6) is 0 Å². The summed E-state index contributed by atoms with van der Waals surface area (Å²) in [6.07, 6.45) is 13.1. The summed E-state index contributed by atoms with van der Waals surface area (Å²) < 4.78 is 0. The summed E-state index contributed by atoms with van der Waals surface area (Å²) in [6, 6.07) is 16.9. The maximum absolute atomic E-state index is 14.2. The molecule has 0 aromatic heterocycles. The van der Waals surface area contributed by atoms with Gasteiger partial charge in [0.1, 0.15) is 0 Å². The van der Waals surface area contributed by atoms with E-state index in [1.165, 1.54) is 36.8 Å². The van der Waals surface area contributed by atoms with Gasteiger partial charge in [0.05, 0.1) is 12.0 Å². The van der Waals surface area contributed by atoms with Gasteiger partial charge in [-0.3, -0.25) is 4.79 Å². The number of benzene rings is 2. The molecule has 4 heteroatoms. The number of hydrogen-bond acceptors (Lipinski definition) is 2. The Morgan fingerprint density at radius 1 is 0.970 bits per heavy atom. The van der Waals surface area contributed by atoms with Crippen LogP contribution in [0.15, 0.2) is 60.7 Å². The number of nitrogens with zero attached hydrogens (tertiary/aromatic N) is 1. The van der Waals surface area contributed by atoms with E-state index >= 15 is 0 Å². The lowest BCUT2D eigenvalue weighted by Gasteiger charge is -2.49. The zero-order chi connectivity index (χ0) is 22.8. The van der Waals surface area contributed by atoms with Crippen molar-refractivity contribution in [2.24, 2.45) is 17.8 Å². The third-order valence-corrected chi connectivity index (χ3v) is 8.25. The van der Waals surface area contributed by atoms with Crippen LogP contribution in [0.3, 0.4) is 0 Å². The molecule has 3 nitrogen and oxygen atoms in total. The van der Waals surface area contributed by atoms with E-state index in [1.807, 2.05) is 24.3 Å². The molecule has 1 amide bonds. The number of likely N-dealkylation sites (tertiary alicyclic amines) is 1. The number of fused-ring (bicyclic) bond motifs is 1. The number of halogens is 1. The number of carbonyl (C=O) groups is 1. The minimum Gasteiger partial charge on any atom is -0.377 e. The highest BCUT2D eigenvalue weighted by Crippen LogP contribution is 2.45. The minimum absolute atomic E-state index is 0.0825. The SMILES string of the molecule is Cc1ccc(C(Nc2ccc(Cl)cc2)[C@H]2C(=O)N(C3CCCCC3)C[C@H]3CCC=C[C@H]32)cc1. The average Bonchev–Trinajstić information content (AvgIpc) is 2.85. The molecule has 174 valence electrons. The van der Waals surface area contributed by atoms with Crippen molar-refractivity contribution in [3.05, 3.63) is 76.8 Å². The number of allylic oxidation sites excluding steroid dienone is 2. The first-order valence-corrected chi connectivity index (χ1v) is 13.0. The minimum atomic E-state index is -0.111. The summed E-state index contributed by atoms with van der Waals surface area (Å²) in [4.78, 5) is 16.5. The van der Waals surface area contributed by atoms with Crippen LogP contribution in [0.2, 0.25) is 5.02 Å². The van der Waals surface area contributed by atoms with Crippen molar-refractivity contribution < 1.29 is 4.79 Å².